The second kappa shape index (κ2) is 4.44. The normalized spacial score (nSPS) is 13.8. The molecule has 0 fully saturated rings. The lowest BCUT2D eigenvalue weighted by atomic mass is 9.92. The number of amides is 1. The number of aromatic amines is 1. The van der Waals surface area contributed by atoms with Crippen molar-refractivity contribution in [3.05, 3.63) is 18.0 Å². The van der Waals surface area contributed by atoms with Gasteiger partial charge in [0, 0.05) is 18.8 Å². The molecule has 1 amide bonds. The first-order chi connectivity index (χ1) is 6.93. The molecule has 0 bridgehead atoms. The molecule has 15 heavy (non-hydrogen) atoms. The quantitative estimate of drug-likeness (QED) is 0.664. The second-order valence-electron chi connectivity index (χ2n) is 4.36. The molecule has 0 aliphatic rings. The Hall–Kier alpha value is -1.36. The van der Waals surface area contributed by atoms with Crippen LogP contribution in [0.1, 0.15) is 32.5 Å². The molecule has 4 N–H and O–H groups in total. The zero-order valence-corrected chi connectivity index (χ0v) is 9.37. The van der Waals surface area contributed by atoms with Crippen LogP contribution >= 0.6 is 0 Å². The van der Waals surface area contributed by atoms with Gasteiger partial charge in [0.1, 0.15) is 0 Å². The van der Waals surface area contributed by atoms with Gasteiger partial charge in [-0.15, -0.1) is 0 Å². The minimum Gasteiger partial charge on any atom is -0.369 e. The van der Waals surface area contributed by atoms with E-state index >= 15 is 0 Å². The number of nitrogens with two attached hydrogens (primary N) is 1. The molecule has 1 aromatic rings. The monoisotopic (exact) mass is 210 g/mol. The van der Waals surface area contributed by atoms with Gasteiger partial charge in [0.05, 0.1) is 11.1 Å². The second-order valence-corrected chi connectivity index (χ2v) is 4.36. The van der Waals surface area contributed by atoms with E-state index in [0.717, 1.165) is 5.69 Å². The van der Waals surface area contributed by atoms with Gasteiger partial charge in [-0.05, 0) is 26.8 Å². The summed E-state index contributed by atoms with van der Waals surface area (Å²) in [5.41, 5.74) is 5.74. The third kappa shape index (κ3) is 3.06. The standard InChI is InChI=1S/C10H18N4O/c1-7(8-4-5-13-14-8)12-6-10(2,3)9(11)15/h4-5,7,12H,6H2,1-3H3,(H2,11,15)(H,13,14). The summed E-state index contributed by atoms with van der Waals surface area (Å²) >= 11 is 0. The molecule has 1 heterocycles. The Kier molecular flexibility index (Phi) is 3.47. The summed E-state index contributed by atoms with van der Waals surface area (Å²) in [7, 11) is 0. The van der Waals surface area contributed by atoms with Gasteiger partial charge in [-0.2, -0.15) is 5.10 Å². The van der Waals surface area contributed by atoms with Gasteiger partial charge in [0.2, 0.25) is 5.91 Å². The molecule has 5 heteroatoms. The smallest absolute Gasteiger partial charge is 0.224 e. The molecular weight excluding hydrogens is 192 g/mol. The van der Waals surface area contributed by atoms with Crippen LogP contribution in [0.2, 0.25) is 0 Å². The van der Waals surface area contributed by atoms with Crippen LogP contribution in [-0.4, -0.2) is 22.6 Å². The molecule has 1 aromatic heterocycles. The largest absolute Gasteiger partial charge is 0.369 e. The Morgan fingerprint density at radius 3 is 2.87 bits per heavy atom. The number of hydrogen-bond acceptors (Lipinski definition) is 3. The van der Waals surface area contributed by atoms with E-state index in [9.17, 15) is 4.79 Å². The fourth-order valence-electron chi connectivity index (χ4n) is 1.11. The first kappa shape index (κ1) is 11.7. The summed E-state index contributed by atoms with van der Waals surface area (Å²) in [4.78, 5) is 11.1. The topological polar surface area (TPSA) is 83.8 Å². The Labute approximate surface area is 89.4 Å². The fraction of sp³-hybridized carbons (Fsp3) is 0.600. The predicted molar refractivity (Wildman–Crippen MR) is 58.0 cm³/mol. The fourth-order valence-corrected chi connectivity index (χ4v) is 1.11. The number of carbonyl (C=O) groups excluding carboxylic acids is 1. The van der Waals surface area contributed by atoms with Crippen LogP contribution in [0.15, 0.2) is 12.3 Å². The number of rotatable bonds is 5. The summed E-state index contributed by atoms with van der Waals surface area (Å²) in [6, 6.07) is 2.03. The van der Waals surface area contributed by atoms with Crippen molar-refractivity contribution in [2.45, 2.75) is 26.8 Å². The van der Waals surface area contributed by atoms with E-state index in [1.807, 2.05) is 26.8 Å². The molecule has 0 aliphatic carbocycles. The number of primary amides is 1. The highest BCUT2D eigenvalue weighted by molar-refractivity contribution is 5.80. The summed E-state index contributed by atoms with van der Waals surface area (Å²) in [6.45, 7) is 6.19. The molecule has 5 nitrogen and oxygen atoms in total. The van der Waals surface area contributed by atoms with Crippen LogP contribution in [-0.2, 0) is 4.79 Å². The maximum absolute atomic E-state index is 11.1. The van der Waals surface area contributed by atoms with Crippen LogP contribution < -0.4 is 11.1 Å². The van der Waals surface area contributed by atoms with Gasteiger partial charge in [0.25, 0.3) is 0 Å². The molecule has 0 radical (unpaired) electrons. The summed E-state index contributed by atoms with van der Waals surface area (Å²) in [5, 5.41) is 9.97. The Morgan fingerprint density at radius 2 is 2.40 bits per heavy atom. The van der Waals surface area contributed by atoms with Gasteiger partial charge in [-0.3, -0.25) is 9.89 Å². The highest BCUT2D eigenvalue weighted by Crippen LogP contribution is 2.15. The van der Waals surface area contributed by atoms with Gasteiger partial charge in [-0.25, -0.2) is 0 Å². The summed E-state index contributed by atoms with van der Waals surface area (Å²) in [5.74, 6) is -0.299. The molecule has 0 saturated carbocycles. The van der Waals surface area contributed by atoms with Crippen molar-refractivity contribution in [3.63, 3.8) is 0 Å². The molecule has 0 aromatic carbocycles. The maximum atomic E-state index is 11.1. The molecule has 0 spiro atoms. The summed E-state index contributed by atoms with van der Waals surface area (Å²) < 4.78 is 0. The number of aromatic nitrogens is 2. The molecule has 84 valence electrons. The van der Waals surface area contributed by atoms with E-state index in [4.69, 9.17) is 5.73 Å². The van der Waals surface area contributed by atoms with E-state index in [1.54, 1.807) is 6.20 Å². The van der Waals surface area contributed by atoms with Crippen molar-refractivity contribution in [2.75, 3.05) is 6.54 Å². The molecule has 0 saturated heterocycles. The Bertz CT molecular complexity index is 318. The van der Waals surface area contributed by atoms with Crippen LogP contribution in [0.25, 0.3) is 0 Å². The number of H-pyrrole nitrogens is 1. The lowest BCUT2D eigenvalue weighted by Crippen LogP contribution is -2.41. The lowest BCUT2D eigenvalue weighted by molar-refractivity contribution is -0.125. The first-order valence-corrected chi connectivity index (χ1v) is 4.96. The van der Waals surface area contributed by atoms with Crippen LogP contribution in [0, 0.1) is 5.41 Å². The average molecular weight is 210 g/mol. The van der Waals surface area contributed by atoms with Gasteiger partial charge in [0.15, 0.2) is 0 Å². The predicted octanol–water partition coefficient (Wildman–Crippen LogP) is 0.572. The molecule has 0 aliphatic heterocycles. The van der Waals surface area contributed by atoms with Crippen molar-refractivity contribution in [2.24, 2.45) is 11.1 Å². The van der Waals surface area contributed by atoms with Crippen LogP contribution in [0.5, 0.6) is 0 Å². The summed E-state index contributed by atoms with van der Waals surface area (Å²) in [6.07, 6.45) is 1.70. The Balaban J connectivity index is 2.47. The van der Waals surface area contributed by atoms with E-state index in [1.165, 1.54) is 0 Å². The van der Waals surface area contributed by atoms with Crippen molar-refractivity contribution in [1.29, 1.82) is 0 Å². The zero-order valence-electron chi connectivity index (χ0n) is 9.37. The van der Waals surface area contributed by atoms with E-state index in [2.05, 4.69) is 15.5 Å². The lowest BCUT2D eigenvalue weighted by Gasteiger charge is -2.23. The van der Waals surface area contributed by atoms with Gasteiger partial charge < -0.3 is 11.1 Å². The van der Waals surface area contributed by atoms with E-state index < -0.39 is 5.41 Å². The minimum atomic E-state index is -0.533. The number of nitrogens with zero attached hydrogens (tertiary/aromatic N) is 1. The molecular formula is C10H18N4O. The number of nitrogens with one attached hydrogen (secondary N) is 2. The maximum Gasteiger partial charge on any atom is 0.224 e. The molecule has 1 atom stereocenters. The average Bonchev–Trinajstić information content (AvgIpc) is 2.66. The van der Waals surface area contributed by atoms with Crippen molar-refractivity contribution in [3.8, 4) is 0 Å². The third-order valence-electron chi connectivity index (χ3n) is 2.51. The minimum absolute atomic E-state index is 0.131. The van der Waals surface area contributed by atoms with Crippen LogP contribution in [0.4, 0.5) is 0 Å². The van der Waals surface area contributed by atoms with Crippen molar-refractivity contribution in [1.82, 2.24) is 15.5 Å². The Morgan fingerprint density at radius 1 is 1.73 bits per heavy atom. The molecule has 1 rings (SSSR count). The van der Waals surface area contributed by atoms with Crippen LogP contribution in [0.3, 0.4) is 0 Å². The SMILES string of the molecule is CC(NCC(C)(C)C(N)=O)c1ccn[nH]1. The van der Waals surface area contributed by atoms with Gasteiger partial charge >= 0.3 is 0 Å². The highest BCUT2D eigenvalue weighted by Gasteiger charge is 2.25. The highest BCUT2D eigenvalue weighted by atomic mass is 16.1. The van der Waals surface area contributed by atoms with Gasteiger partial charge in [-0.1, -0.05) is 0 Å². The number of carbonyl (C=O) groups is 1. The first-order valence-electron chi connectivity index (χ1n) is 4.96. The van der Waals surface area contributed by atoms with Crippen molar-refractivity contribution < 1.29 is 4.79 Å². The number of hydrogen-bond donors (Lipinski definition) is 3. The molecule has 1 unspecified atom stereocenters. The van der Waals surface area contributed by atoms with E-state index in [0.29, 0.717) is 6.54 Å². The zero-order chi connectivity index (χ0) is 11.5. The van der Waals surface area contributed by atoms with E-state index in [-0.39, 0.29) is 11.9 Å². The van der Waals surface area contributed by atoms with Crippen molar-refractivity contribution >= 4 is 5.91 Å². The third-order valence-corrected chi connectivity index (χ3v) is 2.51.